The average molecular weight is 295 g/mol. The molecule has 0 saturated carbocycles. The van der Waals surface area contributed by atoms with Crippen molar-refractivity contribution in [2.24, 2.45) is 0 Å². The summed E-state index contributed by atoms with van der Waals surface area (Å²) in [7, 11) is 0. The lowest BCUT2D eigenvalue weighted by Gasteiger charge is -2.26. The van der Waals surface area contributed by atoms with E-state index in [0.717, 1.165) is 17.2 Å². The Kier molecular flexibility index (Phi) is 3.11. The van der Waals surface area contributed by atoms with Crippen molar-refractivity contribution in [3.05, 3.63) is 53.2 Å². The third kappa shape index (κ3) is 2.20. The van der Waals surface area contributed by atoms with E-state index in [0.29, 0.717) is 6.04 Å². The largest absolute Gasteiger partial charge is 0.349 e. The standard InChI is InChI=1S/C17H17N3S/c1-12-10-14-16(18-11-19-17(14)21-12)20-9-5-8-15(20)13-6-3-2-4-7-13/h2-4,6-7,10-11,15H,5,8-9H2,1H3. The zero-order chi connectivity index (χ0) is 14.2. The molecule has 1 aliphatic heterocycles. The van der Waals surface area contributed by atoms with Crippen molar-refractivity contribution in [2.75, 3.05) is 11.4 Å². The van der Waals surface area contributed by atoms with Gasteiger partial charge in [0.2, 0.25) is 0 Å². The molecule has 106 valence electrons. The Morgan fingerprint density at radius 2 is 2.05 bits per heavy atom. The van der Waals surface area contributed by atoms with Gasteiger partial charge in [-0.05, 0) is 31.4 Å². The van der Waals surface area contributed by atoms with E-state index < -0.39 is 0 Å². The molecule has 1 aromatic carbocycles. The summed E-state index contributed by atoms with van der Waals surface area (Å²) < 4.78 is 0. The van der Waals surface area contributed by atoms with Crippen LogP contribution in [0.25, 0.3) is 10.2 Å². The zero-order valence-corrected chi connectivity index (χ0v) is 12.8. The van der Waals surface area contributed by atoms with Crippen molar-refractivity contribution in [1.29, 1.82) is 0 Å². The monoisotopic (exact) mass is 295 g/mol. The van der Waals surface area contributed by atoms with Crippen LogP contribution in [0.4, 0.5) is 5.82 Å². The molecule has 3 aromatic rings. The topological polar surface area (TPSA) is 29.0 Å². The molecule has 0 N–H and O–H groups in total. The molecule has 3 nitrogen and oxygen atoms in total. The molecular formula is C17H17N3S. The third-order valence-corrected chi connectivity index (χ3v) is 5.10. The summed E-state index contributed by atoms with van der Waals surface area (Å²) in [6.07, 6.45) is 4.11. The minimum atomic E-state index is 0.435. The number of hydrogen-bond donors (Lipinski definition) is 0. The number of benzene rings is 1. The molecule has 3 heterocycles. The third-order valence-electron chi connectivity index (χ3n) is 4.14. The second-order valence-electron chi connectivity index (χ2n) is 5.54. The lowest BCUT2D eigenvalue weighted by molar-refractivity contribution is 0.713. The second-order valence-corrected chi connectivity index (χ2v) is 6.77. The predicted octanol–water partition coefficient (Wildman–Crippen LogP) is 4.34. The summed E-state index contributed by atoms with van der Waals surface area (Å²) in [5.41, 5.74) is 1.38. The Morgan fingerprint density at radius 1 is 1.19 bits per heavy atom. The molecule has 0 amide bonds. The van der Waals surface area contributed by atoms with Gasteiger partial charge in [0.15, 0.2) is 0 Å². The first-order chi connectivity index (χ1) is 10.3. The van der Waals surface area contributed by atoms with Gasteiger partial charge >= 0.3 is 0 Å². The Labute approximate surface area is 128 Å². The van der Waals surface area contributed by atoms with Crippen LogP contribution in [-0.2, 0) is 0 Å². The first-order valence-electron chi connectivity index (χ1n) is 7.35. The molecule has 1 saturated heterocycles. The van der Waals surface area contributed by atoms with Crippen LogP contribution in [-0.4, -0.2) is 16.5 Å². The van der Waals surface area contributed by atoms with Crippen molar-refractivity contribution in [2.45, 2.75) is 25.8 Å². The van der Waals surface area contributed by atoms with Crippen LogP contribution in [0.2, 0.25) is 0 Å². The van der Waals surface area contributed by atoms with Gasteiger partial charge < -0.3 is 4.90 Å². The van der Waals surface area contributed by atoms with E-state index in [4.69, 9.17) is 0 Å². The number of rotatable bonds is 2. The SMILES string of the molecule is Cc1cc2c(N3CCCC3c3ccccc3)ncnc2s1. The fourth-order valence-corrected chi connectivity index (χ4v) is 4.08. The quantitative estimate of drug-likeness (QED) is 0.704. The smallest absolute Gasteiger partial charge is 0.141 e. The van der Waals surface area contributed by atoms with Crippen molar-refractivity contribution in [1.82, 2.24) is 9.97 Å². The highest BCUT2D eigenvalue weighted by Crippen LogP contribution is 2.39. The van der Waals surface area contributed by atoms with Crippen LogP contribution in [0, 0.1) is 6.92 Å². The Balaban J connectivity index is 1.80. The normalized spacial score (nSPS) is 18.5. The number of aryl methyl sites for hydroxylation is 1. The number of hydrogen-bond acceptors (Lipinski definition) is 4. The lowest BCUT2D eigenvalue weighted by atomic mass is 10.0. The molecule has 0 bridgehead atoms. The van der Waals surface area contributed by atoms with Crippen LogP contribution in [0.15, 0.2) is 42.7 Å². The highest BCUT2D eigenvalue weighted by molar-refractivity contribution is 7.18. The van der Waals surface area contributed by atoms with E-state index in [1.807, 2.05) is 0 Å². The molecule has 1 atom stereocenters. The van der Waals surface area contributed by atoms with Gasteiger partial charge in [0.1, 0.15) is 17.0 Å². The van der Waals surface area contributed by atoms with Crippen LogP contribution in [0.5, 0.6) is 0 Å². The fourth-order valence-electron chi connectivity index (χ4n) is 3.23. The van der Waals surface area contributed by atoms with Gasteiger partial charge in [-0.1, -0.05) is 30.3 Å². The van der Waals surface area contributed by atoms with Gasteiger partial charge in [-0.2, -0.15) is 0 Å². The molecule has 0 aliphatic carbocycles. The number of thiophene rings is 1. The van der Waals surface area contributed by atoms with Gasteiger partial charge in [-0.3, -0.25) is 0 Å². The van der Waals surface area contributed by atoms with Gasteiger partial charge in [-0.25, -0.2) is 9.97 Å². The minimum Gasteiger partial charge on any atom is -0.349 e. The number of anilines is 1. The van der Waals surface area contributed by atoms with Crippen molar-refractivity contribution in [3.63, 3.8) is 0 Å². The van der Waals surface area contributed by atoms with Crippen molar-refractivity contribution >= 4 is 27.4 Å². The first-order valence-corrected chi connectivity index (χ1v) is 8.17. The van der Waals surface area contributed by atoms with E-state index >= 15 is 0 Å². The molecule has 2 aromatic heterocycles. The zero-order valence-electron chi connectivity index (χ0n) is 12.0. The van der Waals surface area contributed by atoms with E-state index in [2.05, 4.69) is 58.2 Å². The first kappa shape index (κ1) is 12.8. The van der Waals surface area contributed by atoms with E-state index in [-0.39, 0.29) is 0 Å². The highest BCUT2D eigenvalue weighted by Gasteiger charge is 2.28. The predicted molar refractivity (Wildman–Crippen MR) is 87.9 cm³/mol. The number of nitrogens with zero attached hydrogens (tertiary/aromatic N) is 3. The molecule has 0 radical (unpaired) electrons. The molecule has 4 rings (SSSR count). The summed E-state index contributed by atoms with van der Waals surface area (Å²) in [5, 5.41) is 1.20. The van der Waals surface area contributed by atoms with Gasteiger partial charge in [-0.15, -0.1) is 11.3 Å². The minimum absolute atomic E-state index is 0.435. The maximum absolute atomic E-state index is 4.60. The highest BCUT2D eigenvalue weighted by atomic mass is 32.1. The molecule has 1 aliphatic rings. The fraction of sp³-hybridized carbons (Fsp3) is 0.294. The molecule has 4 heteroatoms. The average Bonchev–Trinajstić information content (AvgIpc) is 3.12. The van der Waals surface area contributed by atoms with E-state index in [1.165, 1.54) is 28.7 Å². The van der Waals surface area contributed by atoms with Crippen LogP contribution >= 0.6 is 11.3 Å². The summed E-state index contributed by atoms with van der Waals surface area (Å²) in [4.78, 5) is 13.8. The summed E-state index contributed by atoms with van der Waals surface area (Å²) in [5.74, 6) is 1.09. The summed E-state index contributed by atoms with van der Waals surface area (Å²) in [6, 6.07) is 13.4. The van der Waals surface area contributed by atoms with E-state index in [9.17, 15) is 0 Å². The molecule has 0 spiro atoms. The Hall–Kier alpha value is -1.94. The second kappa shape index (κ2) is 5.11. The van der Waals surface area contributed by atoms with Gasteiger partial charge in [0.05, 0.1) is 11.4 Å². The van der Waals surface area contributed by atoms with Crippen molar-refractivity contribution in [3.8, 4) is 0 Å². The number of fused-ring (bicyclic) bond motifs is 1. The number of aromatic nitrogens is 2. The lowest BCUT2D eigenvalue weighted by Crippen LogP contribution is -2.23. The van der Waals surface area contributed by atoms with Crippen LogP contribution < -0.4 is 4.90 Å². The summed E-state index contributed by atoms with van der Waals surface area (Å²) >= 11 is 1.74. The van der Waals surface area contributed by atoms with Crippen LogP contribution in [0.1, 0.15) is 29.3 Å². The van der Waals surface area contributed by atoms with Gasteiger partial charge in [0.25, 0.3) is 0 Å². The molecule has 1 fully saturated rings. The van der Waals surface area contributed by atoms with Crippen LogP contribution in [0.3, 0.4) is 0 Å². The summed E-state index contributed by atoms with van der Waals surface area (Å²) in [6.45, 7) is 3.20. The van der Waals surface area contributed by atoms with Crippen molar-refractivity contribution < 1.29 is 0 Å². The maximum Gasteiger partial charge on any atom is 0.141 e. The Morgan fingerprint density at radius 3 is 2.90 bits per heavy atom. The van der Waals surface area contributed by atoms with Gasteiger partial charge in [0, 0.05) is 11.4 Å². The van der Waals surface area contributed by atoms with E-state index in [1.54, 1.807) is 17.7 Å². The molecule has 1 unspecified atom stereocenters. The Bertz CT molecular complexity index is 766. The molecular weight excluding hydrogens is 278 g/mol. The maximum atomic E-state index is 4.60. The molecule has 21 heavy (non-hydrogen) atoms.